The summed E-state index contributed by atoms with van der Waals surface area (Å²) in [6.07, 6.45) is 0.221. The third-order valence-electron chi connectivity index (χ3n) is 6.94. The number of hydrogen-bond donors (Lipinski definition) is 1. The first-order valence-corrected chi connectivity index (χ1v) is 17.3. The molecule has 1 atom stereocenters. The fourth-order valence-electron chi connectivity index (χ4n) is 4.74. The highest BCUT2D eigenvalue weighted by atomic mass is 79.9. The molecule has 236 valence electrons. The van der Waals surface area contributed by atoms with E-state index < -0.39 is 28.5 Å². The highest BCUT2D eigenvalue weighted by Gasteiger charge is 2.35. The van der Waals surface area contributed by atoms with Crippen molar-refractivity contribution in [2.45, 2.75) is 37.8 Å². The van der Waals surface area contributed by atoms with Crippen LogP contribution in [0.5, 0.6) is 0 Å². The second kappa shape index (κ2) is 15.8. The lowest BCUT2D eigenvalue weighted by molar-refractivity contribution is -0.140. The Hall–Kier alpha value is -3.37. The van der Waals surface area contributed by atoms with Crippen molar-refractivity contribution >= 4 is 66.7 Å². The summed E-state index contributed by atoms with van der Waals surface area (Å²) in [5, 5.41) is 3.40. The molecule has 0 heterocycles. The molecule has 0 bridgehead atoms. The zero-order valence-electron chi connectivity index (χ0n) is 24.9. The Labute approximate surface area is 283 Å². The molecule has 1 N–H and O–H groups in total. The molecule has 2 amide bonds. The maximum absolute atomic E-state index is 14.5. The van der Waals surface area contributed by atoms with Gasteiger partial charge in [0.15, 0.2) is 0 Å². The number of amides is 2. The number of sulfonamides is 1. The molecule has 4 aromatic carbocycles. The van der Waals surface area contributed by atoms with Crippen LogP contribution in [0.15, 0.2) is 112 Å². The third-order valence-corrected chi connectivity index (χ3v) is 9.66. The molecule has 0 aliphatic carbocycles. The molecule has 7 nitrogen and oxygen atoms in total. The van der Waals surface area contributed by atoms with E-state index in [4.69, 9.17) is 23.2 Å². The van der Waals surface area contributed by atoms with Gasteiger partial charge in [-0.3, -0.25) is 13.9 Å². The number of nitrogens with one attached hydrogen (secondary N) is 1. The van der Waals surface area contributed by atoms with Crippen molar-refractivity contribution in [1.82, 2.24) is 10.2 Å². The van der Waals surface area contributed by atoms with E-state index in [2.05, 4.69) is 21.2 Å². The van der Waals surface area contributed by atoms with Gasteiger partial charge in [-0.05, 0) is 59.5 Å². The monoisotopic (exact) mass is 729 g/mol. The van der Waals surface area contributed by atoms with Gasteiger partial charge in [0, 0.05) is 34.0 Å². The normalized spacial score (nSPS) is 12.0. The molecule has 0 fully saturated rings. The van der Waals surface area contributed by atoms with E-state index in [0.29, 0.717) is 6.54 Å². The Morgan fingerprint density at radius 3 is 2.02 bits per heavy atom. The van der Waals surface area contributed by atoms with Crippen molar-refractivity contribution in [2.24, 2.45) is 5.92 Å². The molecule has 0 aromatic heterocycles. The van der Waals surface area contributed by atoms with Gasteiger partial charge >= 0.3 is 0 Å². The summed E-state index contributed by atoms with van der Waals surface area (Å²) in [7, 11) is -4.26. The van der Waals surface area contributed by atoms with Crippen molar-refractivity contribution < 1.29 is 18.0 Å². The van der Waals surface area contributed by atoms with Gasteiger partial charge in [0.25, 0.3) is 10.0 Å². The molecule has 4 rings (SSSR count). The Bertz CT molecular complexity index is 1700. The van der Waals surface area contributed by atoms with Crippen molar-refractivity contribution in [2.75, 3.05) is 17.4 Å². The minimum absolute atomic E-state index is 0.0112. The number of benzene rings is 4. The van der Waals surface area contributed by atoms with Crippen molar-refractivity contribution in [3.8, 4) is 0 Å². The topological polar surface area (TPSA) is 86.8 Å². The molecule has 0 aliphatic rings. The lowest BCUT2D eigenvalue weighted by Gasteiger charge is -2.34. The smallest absolute Gasteiger partial charge is 0.264 e. The van der Waals surface area contributed by atoms with Crippen molar-refractivity contribution in [3.05, 3.63) is 129 Å². The second-order valence-corrected chi connectivity index (χ2v) is 14.6. The minimum atomic E-state index is -4.26. The second-order valence-electron chi connectivity index (χ2n) is 10.9. The quantitative estimate of drug-likeness (QED) is 0.156. The van der Waals surface area contributed by atoms with Gasteiger partial charge in [-0.2, -0.15) is 0 Å². The van der Waals surface area contributed by atoms with E-state index in [1.54, 1.807) is 18.2 Å². The number of carbonyl (C=O) groups is 2. The van der Waals surface area contributed by atoms with Crippen LogP contribution in [-0.2, 0) is 32.6 Å². The van der Waals surface area contributed by atoms with Crippen LogP contribution in [0.4, 0.5) is 5.69 Å². The first kappa shape index (κ1) is 34.5. The Kier molecular flexibility index (Phi) is 12.1. The van der Waals surface area contributed by atoms with Crippen LogP contribution in [0.2, 0.25) is 10.0 Å². The van der Waals surface area contributed by atoms with E-state index in [-0.39, 0.29) is 45.4 Å². The molecular formula is C34H34BrCl2N3O4S. The van der Waals surface area contributed by atoms with Crippen molar-refractivity contribution in [3.63, 3.8) is 0 Å². The molecule has 0 aliphatic heterocycles. The van der Waals surface area contributed by atoms with Crippen molar-refractivity contribution in [1.29, 1.82) is 0 Å². The molecule has 0 saturated carbocycles. The first-order valence-electron chi connectivity index (χ1n) is 14.3. The highest BCUT2D eigenvalue weighted by molar-refractivity contribution is 9.10. The van der Waals surface area contributed by atoms with Gasteiger partial charge in [0.05, 0.1) is 10.6 Å². The SMILES string of the molecule is CC(C)CNC(=O)[C@@H](Cc1ccccc1)N(Cc1cccc(Br)c1)C(=O)CN(c1cc(Cl)cc(Cl)c1)S(=O)(=O)c1ccccc1. The molecule has 0 radical (unpaired) electrons. The van der Waals surface area contributed by atoms with Gasteiger partial charge in [-0.25, -0.2) is 8.42 Å². The number of hydrogen-bond acceptors (Lipinski definition) is 4. The third kappa shape index (κ3) is 9.56. The molecular weight excluding hydrogens is 697 g/mol. The Morgan fingerprint density at radius 2 is 1.42 bits per heavy atom. The Morgan fingerprint density at radius 1 is 0.822 bits per heavy atom. The van der Waals surface area contributed by atoms with Crippen LogP contribution < -0.4 is 9.62 Å². The first-order chi connectivity index (χ1) is 21.4. The van der Waals surface area contributed by atoms with E-state index >= 15 is 0 Å². The number of anilines is 1. The lowest BCUT2D eigenvalue weighted by Crippen LogP contribution is -2.53. The maximum atomic E-state index is 14.5. The van der Waals surface area contributed by atoms with Gasteiger partial charge < -0.3 is 10.2 Å². The van der Waals surface area contributed by atoms with E-state index in [1.165, 1.54) is 35.2 Å². The summed E-state index contributed by atoms with van der Waals surface area (Å²) in [4.78, 5) is 29.8. The number of halogens is 3. The van der Waals surface area contributed by atoms with Crippen LogP contribution in [-0.4, -0.2) is 44.3 Å². The number of nitrogens with zero attached hydrogens (tertiary/aromatic N) is 2. The van der Waals surface area contributed by atoms with Gasteiger partial charge in [0.1, 0.15) is 12.6 Å². The summed E-state index contributed by atoms with van der Waals surface area (Å²) < 4.78 is 29.9. The molecule has 0 unspecified atom stereocenters. The maximum Gasteiger partial charge on any atom is 0.264 e. The number of carbonyl (C=O) groups excluding carboxylic acids is 2. The summed E-state index contributed by atoms with van der Waals surface area (Å²) in [6, 6.07) is 28.1. The van der Waals surface area contributed by atoms with Gasteiger partial charge in [-0.15, -0.1) is 0 Å². The van der Waals surface area contributed by atoms with E-state index in [0.717, 1.165) is 19.9 Å². The molecule has 45 heavy (non-hydrogen) atoms. The fraction of sp³-hybridized carbons (Fsp3) is 0.235. The van der Waals surface area contributed by atoms with Crippen LogP contribution in [0.3, 0.4) is 0 Å². The van der Waals surface area contributed by atoms with E-state index in [9.17, 15) is 18.0 Å². The summed E-state index contributed by atoms with van der Waals surface area (Å²) in [5.74, 6) is -0.731. The summed E-state index contributed by atoms with van der Waals surface area (Å²) >= 11 is 16.1. The standard InChI is InChI=1S/C34H34BrCl2N3O4S/c1-24(2)21-38-34(42)32(17-25-10-5-3-6-11-25)39(22-26-12-9-13-27(35)16-26)33(41)23-40(30-19-28(36)18-29(37)20-30)45(43,44)31-14-7-4-8-15-31/h3-16,18-20,24,32H,17,21-23H2,1-2H3,(H,38,42)/t32-/m1/s1. The summed E-state index contributed by atoms with van der Waals surface area (Å²) in [5.41, 5.74) is 1.73. The zero-order chi connectivity index (χ0) is 32.6. The molecule has 11 heteroatoms. The number of rotatable bonds is 13. The van der Waals surface area contributed by atoms with Crippen LogP contribution >= 0.6 is 39.1 Å². The van der Waals surface area contributed by atoms with Crippen LogP contribution in [0.25, 0.3) is 0 Å². The van der Waals surface area contributed by atoms with Crippen LogP contribution in [0, 0.1) is 5.92 Å². The Balaban J connectivity index is 1.82. The lowest BCUT2D eigenvalue weighted by atomic mass is 10.0. The van der Waals surface area contributed by atoms with Gasteiger partial charge in [-0.1, -0.05) is 114 Å². The van der Waals surface area contributed by atoms with Crippen LogP contribution in [0.1, 0.15) is 25.0 Å². The van der Waals surface area contributed by atoms with E-state index in [1.807, 2.05) is 68.4 Å². The van der Waals surface area contributed by atoms with Gasteiger partial charge in [0.2, 0.25) is 11.8 Å². The molecule has 0 saturated heterocycles. The average molecular weight is 732 g/mol. The zero-order valence-corrected chi connectivity index (χ0v) is 28.8. The fourth-order valence-corrected chi connectivity index (χ4v) is 7.12. The highest BCUT2D eigenvalue weighted by Crippen LogP contribution is 2.30. The average Bonchev–Trinajstić information content (AvgIpc) is 3.00. The minimum Gasteiger partial charge on any atom is -0.354 e. The predicted octanol–water partition coefficient (Wildman–Crippen LogP) is 7.36. The predicted molar refractivity (Wildman–Crippen MR) is 184 cm³/mol. The molecule has 0 spiro atoms. The largest absolute Gasteiger partial charge is 0.354 e. The summed E-state index contributed by atoms with van der Waals surface area (Å²) in [6.45, 7) is 3.84. The molecule has 4 aromatic rings.